The van der Waals surface area contributed by atoms with E-state index in [4.69, 9.17) is 5.11 Å². The smallest absolute Gasteiger partial charge is 0.315 e. The molecule has 0 fully saturated rings. The minimum Gasteiger partial charge on any atom is -0.481 e. The Morgan fingerprint density at radius 3 is 2.35 bits per heavy atom. The topological polar surface area (TPSA) is 80.7 Å². The molecule has 20 heavy (non-hydrogen) atoms. The van der Waals surface area contributed by atoms with Crippen LogP contribution in [0.2, 0.25) is 0 Å². The third kappa shape index (κ3) is 5.36. The van der Waals surface area contributed by atoms with Crippen molar-refractivity contribution < 1.29 is 24.2 Å². The first-order chi connectivity index (χ1) is 9.52. The minimum atomic E-state index is -0.980. The first kappa shape index (κ1) is 15.4. The van der Waals surface area contributed by atoms with Crippen molar-refractivity contribution in [3.8, 4) is 11.8 Å². The zero-order chi connectivity index (χ0) is 15.0. The highest BCUT2D eigenvalue weighted by Gasteiger charge is 2.09. The summed E-state index contributed by atoms with van der Waals surface area (Å²) in [7, 11) is 1.28. The molecule has 104 valence electrons. The van der Waals surface area contributed by atoms with Gasteiger partial charge in [-0.2, -0.15) is 0 Å². The molecule has 0 radical (unpaired) electrons. The lowest BCUT2D eigenvalue weighted by Crippen LogP contribution is -2.05. The molecule has 5 nitrogen and oxygen atoms in total. The number of benzene rings is 1. The number of carbonyl (C=O) groups is 3. The summed E-state index contributed by atoms with van der Waals surface area (Å²) < 4.78 is 4.46. The van der Waals surface area contributed by atoms with Crippen molar-refractivity contribution in [3.05, 3.63) is 35.4 Å². The molecule has 0 aliphatic heterocycles. The van der Waals surface area contributed by atoms with Crippen LogP contribution in [-0.2, 0) is 14.3 Å². The molecule has 1 N–H and O–H groups in total. The molecule has 0 saturated carbocycles. The first-order valence-corrected chi connectivity index (χ1v) is 5.93. The van der Waals surface area contributed by atoms with E-state index in [2.05, 4.69) is 16.6 Å². The Morgan fingerprint density at radius 1 is 1.15 bits per heavy atom. The number of methoxy groups -OCH3 is 1. The molecule has 0 aromatic heterocycles. The Kier molecular flexibility index (Phi) is 5.98. The first-order valence-electron chi connectivity index (χ1n) is 5.93. The Hall–Kier alpha value is -2.61. The van der Waals surface area contributed by atoms with Crippen molar-refractivity contribution in [2.75, 3.05) is 7.11 Å². The number of esters is 1. The zero-order valence-corrected chi connectivity index (χ0v) is 11.0. The summed E-state index contributed by atoms with van der Waals surface area (Å²) in [4.78, 5) is 33.0. The summed E-state index contributed by atoms with van der Waals surface area (Å²) in [6, 6.07) is 6.48. The maximum Gasteiger partial charge on any atom is 0.315 e. The molecule has 1 aromatic rings. The van der Waals surface area contributed by atoms with Crippen LogP contribution in [0.25, 0.3) is 0 Å². The summed E-state index contributed by atoms with van der Waals surface area (Å²) >= 11 is 0. The molecule has 1 aromatic carbocycles. The van der Waals surface area contributed by atoms with E-state index in [0.717, 1.165) is 0 Å². The second kappa shape index (κ2) is 7.74. The van der Waals surface area contributed by atoms with Gasteiger partial charge in [-0.05, 0) is 12.1 Å². The molecule has 0 saturated heterocycles. The van der Waals surface area contributed by atoms with Gasteiger partial charge in [0.1, 0.15) is 6.42 Å². The van der Waals surface area contributed by atoms with E-state index in [1.54, 1.807) is 24.3 Å². The number of hydrogen-bond donors (Lipinski definition) is 1. The van der Waals surface area contributed by atoms with Gasteiger partial charge in [-0.15, -0.1) is 0 Å². The van der Waals surface area contributed by atoms with Crippen molar-refractivity contribution >= 4 is 17.7 Å². The average molecular weight is 274 g/mol. The van der Waals surface area contributed by atoms with Crippen LogP contribution in [0.1, 0.15) is 35.2 Å². The van der Waals surface area contributed by atoms with E-state index in [9.17, 15) is 14.4 Å². The van der Waals surface area contributed by atoms with Gasteiger partial charge in [0, 0.05) is 17.5 Å². The van der Waals surface area contributed by atoms with Crippen LogP contribution in [0, 0.1) is 11.8 Å². The molecule has 0 atom stereocenters. The molecule has 0 aliphatic rings. The second-order valence-corrected chi connectivity index (χ2v) is 3.95. The van der Waals surface area contributed by atoms with Crippen molar-refractivity contribution in [2.45, 2.75) is 19.3 Å². The number of carboxylic acid groups (broad SMARTS) is 1. The normalized spacial score (nSPS) is 9.25. The summed E-state index contributed by atoms with van der Waals surface area (Å²) in [5, 5.41) is 8.45. The lowest BCUT2D eigenvalue weighted by molar-refractivity contribution is -0.140. The van der Waals surface area contributed by atoms with Gasteiger partial charge in [-0.1, -0.05) is 24.0 Å². The van der Waals surface area contributed by atoms with E-state index in [0.29, 0.717) is 11.1 Å². The molecule has 0 unspecified atom stereocenters. The summed E-state index contributed by atoms with van der Waals surface area (Å²) in [6.45, 7) is 0. The number of aliphatic carboxylic acids is 1. The highest BCUT2D eigenvalue weighted by Crippen LogP contribution is 2.08. The fourth-order valence-electron chi connectivity index (χ4n) is 1.42. The number of Topliss-reactive ketones (excluding diaryl/α,β-unsaturated/α-hetero) is 1. The number of hydrogen-bond acceptors (Lipinski definition) is 4. The Morgan fingerprint density at radius 2 is 1.80 bits per heavy atom. The quantitative estimate of drug-likeness (QED) is 0.501. The molecule has 1 rings (SSSR count). The highest BCUT2D eigenvalue weighted by molar-refractivity contribution is 5.97. The average Bonchev–Trinajstić information content (AvgIpc) is 2.44. The fraction of sp³-hybridized carbons (Fsp3) is 0.267. The van der Waals surface area contributed by atoms with Gasteiger partial charge in [0.15, 0.2) is 5.78 Å². The number of ether oxygens (including phenoxy) is 1. The van der Waals surface area contributed by atoms with Crippen molar-refractivity contribution in [3.63, 3.8) is 0 Å². The van der Waals surface area contributed by atoms with Crippen LogP contribution in [0.5, 0.6) is 0 Å². The SMILES string of the molecule is COC(=O)CCC(=O)c1ccc(C#CCC(=O)O)cc1. The second-order valence-electron chi connectivity index (χ2n) is 3.95. The third-order valence-corrected chi connectivity index (χ3v) is 2.46. The van der Waals surface area contributed by atoms with Crippen LogP contribution >= 0.6 is 0 Å². The summed E-state index contributed by atoms with van der Waals surface area (Å²) in [6.07, 6.45) is -0.0774. The van der Waals surface area contributed by atoms with E-state index in [1.807, 2.05) is 0 Å². The van der Waals surface area contributed by atoms with Gasteiger partial charge in [0.25, 0.3) is 0 Å². The zero-order valence-electron chi connectivity index (χ0n) is 11.0. The molecule has 0 bridgehead atoms. The number of ketones is 1. The molecule has 0 spiro atoms. The van der Waals surface area contributed by atoms with Crippen LogP contribution < -0.4 is 0 Å². The summed E-state index contributed by atoms with van der Waals surface area (Å²) in [5.41, 5.74) is 1.12. The number of carbonyl (C=O) groups excluding carboxylic acids is 2. The molecule has 0 heterocycles. The van der Waals surface area contributed by atoms with Gasteiger partial charge in [0.05, 0.1) is 13.5 Å². The standard InChI is InChI=1S/C15H14O5/c1-20-15(19)10-9-13(16)12-7-5-11(6-8-12)3-2-4-14(17)18/h5-8H,4,9-10H2,1H3,(H,17,18). The molecule has 0 amide bonds. The Labute approximate surface area is 116 Å². The molecular formula is C15H14O5. The van der Waals surface area contributed by atoms with Gasteiger partial charge in [-0.25, -0.2) is 0 Å². The third-order valence-electron chi connectivity index (χ3n) is 2.46. The van der Waals surface area contributed by atoms with Gasteiger partial charge in [-0.3, -0.25) is 14.4 Å². The molecular weight excluding hydrogens is 260 g/mol. The highest BCUT2D eigenvalue weighted by atomic mass is 16.5. The lowest BCUT2D eigenvalue weighted by atomic mass is 10.0. The predicted molar refractivity (Wildman–Crippen MR) is 71.2 cm³/mol. The maximum absolute atomic E-state index is 11.8. The van der Waals surface area contributed by atoms with Gasteiger partial charge in [0.2, 0.25) is 0 Å². The lowest BCUT2D eigenvalue weighted by Gasteiger charge is -2.00. The Bertz CT molecular complexity index is 560. The van der Waals surface area contributed by atoms with Crippen molar-refractivity contribution in [2.24, 2.45) is 0 Å². The van der Waals surface area contributed by atoms with Crippen molar-refractivity contribution in [1.82, 2.24) is 0 Å². The van der Waals surface area contributed by atoms with Crippen LogP contribution in [-0.4, -0.2) is 29.9 Å². The van der Waals surface area contributed by atoms with Crippen LogP contribution in [0.15, 0.2) is 24.3 Å². The van der Waals surface area contributed by atoms with E-state index in [-0.39, 0.29) is 25.0 Å². The largest absolute Gasteiger partial charge is 0.481 e. The van der Waals surface area contributed by atoms with Gasteiger partial charge >= 0.3 is 11.9 Å². The number of rotatable bonds is 5. The maximum atomic E-state index is 11.8. The van der Waals surface area contributed by atoms with E-state index < -0.39 is 11.9 Å². The summed E-state index contributed by atoms with van der Waals surface area (Å²) in [5.74, 6) is 3.63. The van der Waals surface area contributed by atoms with E-state index in [1.165, 1.54) is 7.11 Å². The van der Waals surface area contributed by atoms with Crippen LogP contribution in [0.4, 0.5) is 0 Å². The monoisotopic (exact) mass is 274 g/mol. The minimum absolute atomic E-state index is 0.0511. The Balaban J connectivity index is 2.61. The van der Waals surface area contributed by atoms with Crippen molar-refractivity contribution in [1.29, 1.82) is 0 Å². The van der Waals surface area contributed by atoms with Gasteiger partial charge < -0.3 is 9.84 Å². The number of carboxylic acids is 1. The predicted octanol–water partition coefficient (Wildman–Crippen LogP) is 1.65. The molecule has 5 heteroatoms. The van der Waals surface area contributed by atoms with Crippen LogP contribution in [0.3, 0.4) is 0 Å². The fourth-order valence-corrected chi connectivity index (χ4v) is 1.42. The van der Waals surface area contributed by atoms with E-state index >= 15 is 0 Å². The molecule has 0 aliphatic carbocycles.